The third-order valence-corrected chi connectivity index (χ3v) is 6.72. The van der Waals surface area contributed by atoms with Gasteiger partial charge in [-0.05, 0) is 67.2 Å². The number of hydrogen-bond donors (Lipinski definition) is 2. The Bertz CT molecular complexity index is 786. The van der Waals surface area contributed by atoms with E-state index in [-0.39, 0.29) is 41.3 Å². The van der Waals surface area contributed by atoms with Gasteiger partial charge < -0.3 is 14.9 Å². The molecular formula is C25H35BrO4. The average molecular weight is 479 g/mol. The summed E-state index contributed by atoms with van der Waals surface area (Å²) in [7, 11) is 0. The van der Waals surface area contributed by atoms with Gasteiger partial charge in [-0.2, -0.15) is 0 Å². The van der Waals surface area contributed by atoms with Crippen molar-refractivity contribution in [3.63, 3.8) is 0 Å². The van der Waals surface area contributed by atoms with Crippen LogP contribution in [0.2, 0.25) is 0 Å². The molecule has 1 aromatic rings. The minimum absolute atomic E-state index is 0.111. The van der Waals surface area contributed by atoms with Crippen molar-refractivity contribution in [1.29, 1.82) is 0 Å². The van der Waals surface area contributed by atoms with Crippen molar-refractivity contribution >= 4 is 21.9 Å². The van der Waals surface area contributed by atoms with Crippen LogP contribution in [-0.2, 0) is 14.9 Å². The summed E-state index contributed by atoms with van der Waals surface area (Å²) in [6.07, 6.45) is 6.82. The first-order valence-electron chi connectivity index (χ1n) is 10.7. The van der Waals surface area contributed by atoms with E-state index in [1.165, 1.54) is 6.92 Å². The van der Waals surface area contributed by atoms with Gasteiger partial charge in [0.05, 0.1) is 0 Å². The van der Waals surface area contributed by atoms with Crippen LogP contribution in [0.3, 0.4) is 0 Å². The summed E-state index contributed by atoms with van der Waals surface area (Å²) in [4.78, 5) is 11.2. The summed E-state index contributed by atoms with van der Waals surface area (Å²) in [6, 6.07) is 3.60. The largest absolute Gasteiger partial charge is 0.507 e. The van der Waals surface area contributed by atoms with Crippen LogP contribution in [0.4, 0.5) is 0 Å². The van der Waals surface area contributed by atoms with E-state index in [0.29, 0.717) is 5.56 Å². The molecule has 5 heteroatoms. The third kappa shape index (κ3) is 6.13. The molecule has 0 amide bonds. The van der Waals surface area contributed by atoms with Gasteiger partial charge in [-0.25, -0.2) is 0 Å². The highest BCUT2D eigenvalue weighted by molar-refractivity contribution is 9.09. The smallest absolute Gasteiger partial charge is 0.302 e. The second-order valence-electron chi connectivity index (χ2n) is 9.08. The van der Waals surface area contributed by atoms with E-state index in [9.17, 15) is 15.0 Å². The summed E-state index contributed by atoms with van der Waals surface area (Å²) >= 11 is 3.47. The zero-order valence-electron chi connectivity index (χ0n) is 18.6. The first-order chi connectivity index (χ1) is 14.1. The summed E-state index contributed by atoms with van der Waals surface area (Å²) < 4.78 is 5.17. The highest BCUT2D eigenvalue weighted by atomic mass is 79.9. The first kappa shape index (κ1) is 24.5. The summed E-state index contributed by atoms with van der Waals surface area (Å²) in [5, 5.41) is 22.9. The van der Waals surface area contributed by atoms with Crippen molar-refractivity contribution in [1.82, 2.24) is 0 Å². The molecule has 0 aliphatic heterocycles. The number of rotatable bonds is 9. The Balaban J connectivity index is 2.40. The minimum Gasteiger partial charge on any atom is -0.507 e. The molecule has 0 heterocycles. The molecule has 4 nitrogen and oxygen atoms in total. The van der Waals surface area contributed by atoms with Crippen LogP contribution < -0.4 is 0 Å². The van der Waals surface area contributed by atoms with Crippen molar-refractivity contribution in [2.24, 2.45) is 5.92 Å². The number of allylic oxidation sites excluding steroid dienone is 2. The zero-order valence-corrected chi connectivity index (χ0v) is 20.2. The average Bonchev–Trinajstić information content (AvgIpc) is 2.65. The number of benzene rings is 1. The van der Waals surface area contributed by atoms with Crippen LogP contribution in [0, 0.1) is 5.92 Å². The predicted octanol–water partition coefficient (Wildman–Crippen LogP) is 6.50. The van der Waals surface area contributed by atoms with Crippen LogP contribution in [0.1, 0.15) is 76.8 Å². The fraction of sp³-hybridized carbons (Fsp3) is 0.560. The van der Waals surface area contributed by atoms with Gasteiger partial charge in [-0.3, -0.25) is 4.79 Å². The quantitative estimate of drug-likeness (QED) is 0.184. The fourth-order valence-electron chi connectivity index (χ4n) is 4.29. The number of phenols is 2. The molecule has 166 valence electrons. The molecule has 2 rings (SSSR count). The van der Waals surface area contributed by atoms with Crippen molar-refractivity contribution in [2.75, 3.05) is 11.9 Å². The summed E-state index contributed by atoms with van der Waals surface area (Å²) in [6.45, 7) is 12.0. The highest BCUT2D eigenvalue weighted by Crippen LogP contribution is 2.48. The number of ether oxygens (including phenoxy) is 1. The molecule has 0 bridgehead atoms. The van der Waals surface area contributed by atoms with Gasteiger partial charge in [0.1, 0.15) is 18.1 Å². The highest BCUT2D eigenvalue weighted by Gasteiger charge is 2.32. The second kappa shape index (κ2) is 10.5. The van der Waals surface area contributed by atoms with Gasteiger partial charge in [0, 0.05) is 23.7 Å². The zero-order chi connectivity index (χ0) is 22.5. The standard InChI is InChI=1S/C25H35BrO4/c1-16(2)20-9-8-18(15-30-17(3)27)12-21(20)24-22(28)13-19(14-23(24)29)25(4,5)10-6-7-11-26/h12-14,20-21,28-29H,1,6-11,15H2,2-5H3. The topological polar surface area (TPSA) is 66.8 Å². The Labute approximate surface area is 189 Å². The molecule has 2 unspecified atom stereocenters. The molecule has 0 aromatic heterocycles. The van der Waals surface area contributed by atoms with E-state index >= 15 is 0 Å². The number of aromatic hydroxyl groups is 2. The van der Waals surface area contributed by atoms with Gasteiger partial charge in [-0.1, -0.05) is 54.4 Å². The van der Waals surface area contributed by atoms with Gasteiger partial charge in [0.15, 0.2) is 0 Å². The van der Waals surface area contributed by atoms with Crippen molar-refractivity contribution < 1.29 is 19.7 Å². The lowest BCUT2D eigenvalue weighted by atomic mass is 9.72. The van der Waals surface area contributed by atoms with E-state index in [1.54, 1.807) is 12.1 Å². The molecule has 1 aliphatic carbocycles. The molecule has 1 aliphatic rings. The molecule has 2 N–H and O–H groups in total. The first-order valence-corrected chi connectivity index (χ1v) is 11.8. The molecule has 0 spiro atoms. The molecule has 30 heavy (non-hydrogen) atoms. The fourth-order valence-corrected chi connectivity index (χ4v) is 4.68. The Morgan fingerprint density at radius 3 is 2.40 bits per heavy atom. The normalized spacial score (nSPS) is 19.3. The third-order valence-electron chi connectivity index (χ3n) is 6.16. The van der Waals surface area contributed by atoms with Crippen LogP contribution in [0.5, 0.6) is 11.5 Å². The molecule has 0 fully saturated rings. The van der Waals surface area contributed by atoms with E-state index in [2.05, 4.69) is 36.4 Å². The Morgan fingerprint density at radius 2 is 1.87 bits per heavy atom. The number of carbonyl (C=O) groups is 1. The van der Waals surface area contributed by atoms with Crippen LogP contribution in [0.25, 0.3) is 0 Å². The number of alkyl halides is 1. The number of esters is 1. The number of unbranched alkanes of at least 4 members (excludes halogenated alkanes) is 1. The molecule has 0 saturated carbocycles. The van der Waals surface area contributed by atoms with Crippen LogP contribution in [-0.4, -0.2) is 28.1 Å². The number of halogens is 1. The maximum absolute atomic E-state index is 11.2. The lowest BCUT2D eigenvalue weighted by molar-refractivity contribution is -0.140. The molecular weight excluding hydrogens is 444 g/mol. The van der Waals surface area contributed by atoms with Gasteiger partial charge >= 0.3 is 5.97 Å². The minimum atomic E-state index is -0.313. The van der Waals surface area contributed by atoms with Crippen molar-refractivity contribution in [3.8, 4) is 11.5 Å². The van der Waals surface area contributed by atoms with Gasteiger partial charge in [0.25, 0.3) is 0 Å². The second-order valence-corrected chi connectivity index (χ2v) is 9.87. The van der Waals surface area contributed by atoms with Crippen molar-refractivity contribution in [3.05, 3.63) is 47.1 Å². The number of hydrogen-bond acceptors (Lipinski definition) is 4. The number of carbonyl (C=O) groups excluding carboxylic acids is 1. The molecule has 2 atom stereocenters. The number of phenolic OH excluding ortho intramolecular Hbond substituents is 2. The van der Waals surface area contributed by atoms with E-state index in [4.69, 9.17) is 4.74 Å². The summed E-state index contributed by atoms with van der Waals surface area (Å²) in [5.74, 6) is -0.181. The SMILES string of the molecule is C=C(C)C1CCC(COC(C)=O)=CC1c1c(O)cc(C(C)(C)CCCCBr)cc1O. The van der Waals surface area contributed by atoms with Gasteiger partial charge in [0.2, 0.25) is 0 Å². The lowest BCUT2D eigenvalue weighted by Crippen LogP contribution is -2.21. The van der Waals surface area contributed by atoms with E-state index in [1.807, 2.05) is 13.0 Å². The van der Waals surface area contributed by atoms with Gasteiger partial charge in [-0.15, -0.1) is 0 Å². The Kier molecular flexibility index (Phi) is 8.60. The molecule has 0 radical (unpaired) electrons. The monoisotopic (exact) mass is 478 g/mol. The maximum atomic E-state index is 11.2. The maximum Gasteiger partial charge on any atom is 0.302 e. The van der Waals surface area contributed by atoms with Crippen molar-refractivity contribution in [2.45, 2.75) is 71.1 Å². The Hall–Kier alpha value is -1.75. The lowest BCUT2D eigenvalue weighted by Gasteiger charge is -2.33. The summed E-state index contributed by atoms with van der Waals surface area (Å²) in [5.41, 5.74) is 3.34. The Morgan fingerprint density at radius 1 is 1.23 bits per heavy atom. The predicted molar refractivity (Wildman–Crippen MR) is 125 cm³/mol. The van der Waals surface area contributed by atoms with E-state index in [0.717, 1.165) is 54.1 Å². The van der Waals surface area contributed by atoms with Crippen LogP contribution in [0.15, 0.2) is 35.9 Å². The van der Waals surface area contributed by atoms with E-state index < -0.39 is 0 Å². The molecule has 0 saturated heterocycles. The van der Waals surface area contributed by atoms with Crippen LogP contribution >= 0.6 is 15.9 Å². The molecule has 1 aromatic carbocycles.